The van der Waals surface area contributed by atoms with Crippen LogP contribution in [-0.2, 0) is 21.4 Å². The highest BCUT2D eigenvalue weighted by atomic mass is 32.2. The number of aryl methyl sites for hydroxylation is 1. The Morgan fingerprint density at radius 3 is 2.58 bits per heavy atom. The van der Waals surface area contributed by atoms with Gasteiger partial charge in [-0.3, -0.25) is 14.5 Å². The number of anilines is 1. The second-order valence-electron chi connectivity index (χ2n) is 13.2. The zero-order valence-corrected chi connectivity index (χ0v) is 30.0. The Morgan fingerprint density at radius 2 is 1.86 bits per heavy atom. The van der Waals surface area contributed by atoms with Gasteiger partial charge in [0.1, 0.15) is 11.7 Å². The van der Waals surface area contributed by atoms with Gasteiger partial charge in [-0.05, 0) is 78.1 Å². The number of aliphatic carboxylic acids is 2. The van der Waals surface area contributed by atoms with Gasteiger partial charge in [0.25, 0.3) is 0 Å². The summed E-state index contributed by atoms with van der Waals surface area (Å²) >= 11 is 1.59. The van der Waals surface area contributed by atoms with Crippen molar-refractivity contribution in [1.29, 1.82) is 5.26 Å². The molecule has 260 valence electrons. The molecule has 0 bridgehead atoms. The number of fused-ring (bicyclic) bond motifs is 4. The number of unbranched alkanes of at least 4 members (excludes halogenated alkanes) is 3. The lowest BCUT2D eigenvalue weighted by molar-refractivity contribution is -0.850. The van der Waals surface area contributed by atoms with Crippen molar-refractivity contribution in [1.82, 2.24) is 0 Å². The molecule has 2 heterocycles. The predicted molar refractivity (Wildman–Crippen MR) is 203 cm³/mol. The van der Waals surface area contributed by atoms with Gasteiger partial charge in [0.2, 0.25) is 0 Å². The molecular formula is C42H48N3O4S+. The fourth-order valence-corrected chi connectivity index (χ4v) is 8.86. The van der Waals surface area contributed by atoms with Crippen LogP contribution >= 0.6 is 11.8 Å². The standard InChI is InChI=1S/C42H47N3O4S/c1-4-7-8-11-25-42(24-5-2)34-28-30(6-3)14-18-35(34)44(26-22-39(46)47)37(42)20-15-31(29-43)16-21-38-45(27-23-40(48)49)36-19-17-32-12-9-10-13-33(32)41(36)50-38/h5,9-10,12-21,28,37H,2,4,6-8,11,22-27H2,1,3H3,(H,46,47)(H,48,49)/p+1/b20-15+,31-16-,38-21-. The van der Waals surface area contributed by atoms with Crippen LogP contribution in [-0.4, -0.2) is 41.3 Å². The lowest BCUT2D eigenvalue weighted by Gasteiger charge is -2.34. The summed E-state index contributed by atoms with van der Waals surface area (Å²) in [6.45, 7) is 9.30. The summed E-state index contributed by atoms with van der Waals surface area (Å²) in [4.78, 5) is 27.6. The number of hydrogen-bond acceptors (Lipinski definition) is 5. The Balaban J connectivity index is 1.54. The van der Waals surface area contributed by atoms with E-state index in [4.69, 9.17) is 0 Å². The first-order valence-electron chi connectivity index (χ1n) is 17.8. The number of benzene rings is 3. The number of thioether (sulfide) groups is 1. The maximum Gasteiger partial charge on any atom is 0.309 e. The van der Waals surface area contributed by atoms with Gasteiger partial charge in [-0.1, -0.05) is 93.8 Å². The number of hydrogen-bond donors (Lipinski definition) is 3. The van der Waals surface area contributed by atoms with Gasteiger partial charge in [0.05, 0.1) is 47.2 Å². The second-order valence-corrected chi connectivity index (χ2v) is 14.3. The molecule has 2 aliphatic heterocycles. The molecule has 50 heavy (non-hydrogen) atoms. The third-order valence-electron chi connectivity index (χ3n) is 10.1. The van der Waals surface area contributed by atoms with Crippen LogP contribution in [0.5, 0.6) is 0 Å². The van der Waals surface area contributed by atoms with Crippen molar-refractivity contribution < 1.29 is 24.7 Å². The lowest BCUT2D eigenvalue weighted by atomic mass is 9.69. The molecule has 0 fully saturated rings. The molecule has 3 atom stereocenters. The number of nitrogens with zero attached hydrogens (tertiary/aromatic N) is 2. The van der Waals surface area contributed by atoms with Crippen molar-refractivity contribution in [2.24, 2.45) is 0 Å². The first kappa shape index (κ1) is 36.7. The van der Waals surface area contributed by atoms with Gasteiger partial charge in [0, 0.05) is 17.0 Å². The molecule has 0 aliphatic carbocycles. The van der Waals surface area contributed by atoms with Crippen molar-refractivity contribution in [2.75, 3.05) is 18.0 Å². The summed E-state index contributed by atoms with van der Waals surface area (Å²) in [5, 5.41) is 32.7. The number of carboxylic acids is 2. The lowest BCUT2D eigenvalue weighted by Crippen LogP contribution is -3.11. The highest BCUT2D eigenvalue weighted by Crippen LogP contribution is 2.49. The van der Waals surface area contributed by atoms with Gasteiger partial charge in [-0.25, -0.2) is 0 Å². The van der Waals surface area contributed by atoms with E-state index in [1.807, 2.05) is 47.4 Å². The van der Waals surface area contributed by atoms with Gasteiger partial charge in [-0.15, -0.1) is 6.58 Å². The van der Waals surface area contributed by atoms with Gasteiger partial charge < -0.3 is 15.1 Å². The number of quaternary nitrogens is 1. The molecule has 3 aromatic carbocycles. The van der Waals surface area contributed by atoms with Crippen LogP contribution in [0.15, 0.2) is 107 Å². The Bertz CT molecular complexity index is 1870. The van der Waals surface area contributed by atoms with E-state index in [0.717, 1.165) is 75.5 Å². The topological polar surface area (TPSA) is 106 Å². The average Bonchev–Trinajstić information content (AvgIpc) is 3.60. The van der Waals surface area contributed by atoms with Crippen molar-refractivity contribution in [2.45, 2.75) is 88.0 Å². The van der Waals surface area contributed by atoms with Gasteiger partial charge in [-0.2, -0.15) is 5.26 Å². The van der Waals surface area contributed by atoms with Gasteiger partial charge >= 0.3 is 11.9 Å². The highest BCUT2D eigenvalue weighted by Gasteiger charge is 2.53. The number of allylic oxidation sites excluding steroid dienone is 5. The fraction of sp³-hybridized carbons (Fsp3) is 0.357. The van der Waals surface area contributed by atoms with Crippen LogP contribution in [0.25, 0.3) is 10.8 Å². The summed E-state index contributed by atoms with van der Waals surface area (Å²) in [5.74, 6) is -1.69. The number of carboxylic acid groups (broad SMARTS) is 2. The largest absolute Gasteiger partial charge is 0.481 e. The molecule has 2 aliphatic rings. The molecule has 5 rings (SSSR count). The van der Waals surface area contributed by atoms with E-state index in [1.54, 1.807) is 11.8 Å². The fourth-order valence-electron chi connectivity index (χ4n) is 7.64. The normalized spacial score (nSPS) is 20.7. The average molecular weight is 691 g/mol. The molecule has 0 radical (unpaired) electrons. The molecule has 0 saturated heterocycles. The van der Waals surface area contributed by atoms with Crippen LogP contribution in [0.2, 0.25) is 0 Å². The molecule has 3 unspecified atom stereocenters. The molecule has 3 aromatic rings. The minimum Gasteiger partial charge on any atom is -0.481 e. The van der Waals surface area contributed by atoms with Crippen molar-refractivity contribution in [3.8, 4) is 6.07 Å². The minimum atomic E-state index is -0.865. The van der Waals surface area contributed by atoms with Crippen molar-refractivity contribution >= 4 is 45.8 Å². The first-order chi connectivity index (χ1) is 24.3. The molecule has 0 spiro atoms. The first-order valence-corrected chi connectivity index (χ1v) is 18.6. The quantitative estimate of drug-likeness (QED) is 0.0565. The number of nitriles is 1. The second kappa shape index (κ2) is 16.9. The summed E-state index contributed by atoms with van der Waals surface area (Å²) in [5.41, 5.74) is 4.83. The Labute approximate surface area is 300 Å². The SMILES string of the molecule is C=CCC1(CCCCCC)c2cc(CC)ccc2[NH+](CCC(=O)O)C1/C=C/C(C#N)=C/C=C1\Sc2c(ccc3ccccc23)N1CCC(=O)O. The van der Waals surface area contributed by atoms with Crippen molar-refractivity contribution in [3.05, 3.63) is 113 Å². The molecule has 0 saturated carbocycles. The van der Waals surface area contributed by atoms with E-state index in [-0.39, 0.29) is 24.3 Å². The predicted octanol–water partition coefficient (Wildman–Crippen LogP) is 8.49. The summed E-state index contributed by atoms with van der Waals surface area (Å²) in [6.07, 6.45) is 16.9. The zero-order valence-electron chi connectivity index (χ0n) is 29.2. The smallest absolute Gasteiger partial charge is 0.309 e. The summed E-state index contributed by atoms with van der Waals surface area (Å²) in [7, 11) is 0. The van der Waals surface area contributed by atoms with Crippen LogP contribution in [0.3, 0.4) is 0 Å². The van der Waals surface area contributed by atoms with Crippen LogP contribution < -0.4 is 9.80 Å². The summed E-state index contributed by atoms with van der Waals surface area (Å²) < 4.78 is 0. The molecule has 8 heteroatoms. The summed E-state index contributed by atoms with van der Waals surface area (Å²) in [6, 6.07) is 21.2. The van der Waals surface area contributed by atoms with E-state index < -0.39 is 11.9 Å². The maximum absolute atomic E-state index is 11.8. The Hall–Kier alpha value is -4.58. The highest BCUT2D eigenvalue weighted by molar-refractivity contribution is 8.04. The minimum absolute atomic E-state index is 0.0144. The maximum atomic E-state index is 11.8. The molecular weight excluding hydrogens is 643 g/mol. The van der Waals surface area contributed by atoms with E-state index in [0.29, 0.717) is 18.7 Å². The van der Waals surface area contributed by atoms with E-state index in [2.05, 4.69) is 69.0 Å². The molecule has 0 amide bonds. The Morgan fingerprint density at radius 1 is 1.06 bits per heavy atom. The number of carbonyl (C=O) groups is 2. The van der Waals surface area contributed by atoms with Crippen molar-refractivity contribution in [3.63, 3.8) is 0 Å². The number of nitrogens with one attached hydrogen (secondary N) is 1. The third-order valence-corrected chi connectivity index (χ3v) is 11.3. The van der Waals surface area contributed by atoms with Crippen LogP contribution in [0, 0.1) is 11.3 Å². The van der Waals surface area contributed by atoms with Gasteiger partial charge in [0.15, 0.2) is 0 Å². The number of rotatable bonds is 17. The van der Waals surface area contributed by atoms with Crippen LogP contribution in [0.1, 0.15) is 76.3 Å². The molecule has 7 nitrogen and oxygen atoms in total. The van der Waals surface area contributed by atoms with E-state index in [9.17, 15) is 25.1 Å². The van der Waals surface area contributed by atoms with Crippen LogP contribution in [0.4, 0.5) is 11.4 Å². The monoisotopic (exact) mass is 690 g/mol. The Kier molecular flexibility index (Phi) is 12.4. The molecule has 3 N–H and O–H groups in total. The van der Waals surface area contributed by atoms with E-state index in [1.165, 1.54) is 17.5 Å². The third kappa shape index (κ3) is 7.90. The van der Waals surface area contributed by atoms with E-state index >= 15 is 0 Å². The zero-order chi connectivity index (χ0) is 35.7. The molecule has 0 aromatic heterocycles.